The van der Waals surface area contributed by atoms with Crippen LogP contribution in [0.5, 0.6) is 0 Å². The predicted molar refractivity (Wildman–Crippen MR) is 65.0 cm³/mol. The summed E-state index contributed by atoms with van der Waals surface area (Å²) < 4.78 is 0. The summed E-state index contributed by atoms with van der Waals surface area (Å²) >= 11 is 0. The molecule has 0 bridgehead atoms. The van der Waals surface area contributed by atoms with Gasteiger partial charge < -0.3 is 10.2 Å². The highest BCUT2D eigenvalue weighted by Crippen LogP contribution is 2.24. The first-order valence-electron chi connectivity index (χ1n) is 6.70. The fourth-order valence-corrected chi connectivity index (χ4v) is 3.03. The van der Waals surface area contributed by atoms with Gasteiger partial charge in [0.1, 0.15) is 0 Å². The molecule has 2 atom stereocenters. The topological polar surface area (TPSA) is 15.3 Å². The minimum atomic E-state index is 0.830. The summed E-state index contributed by atoms with van der Waals surface area (Å²) in [4.78, 5) is 2.74. The van der Waals surface area contributed by atoms with Gasteiger partial charge in [0.25, 0.3) is 0 Å². The Balaban J connectivity index is 1.80. The van der Waals surface area contributed by atoms with Gasteiger partial charge in [0.2, 0.25) is 0 Å². The van der Waals surface area contributed by atoms with Gasteiger partial charge in [-0.2, -0.15) is 0 Å². The van der Waals surface area contributed by atoms with E-state index in [0.29, 0.717) is 0 Å². The zero-order chi connectivity index (χ0) is 10.7. The molecule has 2 rings (SSSR count). The van der Waals surface area contributed by atoms with Gasteiger partial charge in [-0.3, -0.25) is 0 Å². The minimum Gasteiger partial charge on any atom is -0.317 e. The normalized spacial score (nSPS) is 35.6. The molecule has 0 aromatic carbocycles. The number of nitrogens with one attached hydrogen (secondary N) is 1. The first kappa shape index (κ1) is 11.4. The smallest absolute Gasteiger partial charge is 0.00672 e. The van der Waals surface area contributed by atoms with Crippen molar-refractivity contribution in [1.29, 1.82) is 0 Å². The van der Waals surface area contributed by atoms with E-state index in [0.717, 1.165) is 17.9 Å². The van der Waals surface area contributed by atoms with Crippen LogP contribution in [0.1, 0.15) is 39.5 Å². The molecule has 2 aliphatic heterocycles. The summed E-state index contributed by atoms with van der Waals surface area (Å²) in [5.41, 5.74) is 0. The van der Waals surface area contributed by atoms with Gasteiger partial charge in [-0.25, -0.2) is 0 Å². The lowest BCUT2D eigenvalue weighted by molar-refractivity contribution is 0.0972. The van der Waals surface area contributed by atoms with Crippen LogP contribution in [-0.2, 0) is 0 Å². The molecule has 2 heterocycles. The van der Waals surface area contributed by atoms with Gasteiger partial charge in [0.15, 0.2) is 0 Å². The third-order valence-corrected chi connectivity index (χ3v) is 4.20. The zero-order valence-electron chi connectivity index (χ0n) is 10.3. The molecular formula is C13H26N2. The maximum absolute atomic E-state index is 3.45. The Morgan fingerprint density at radius 2 is 1.80 bits per heavy atom. The van der Waals surface area contributed by atoms with E-state index in [-0.39, 0.29) is 0 Å². The van der Waals surface area contributed by atoms with E-state index < -0.39 is 0 Å². The molecule has 0 amide bonds. The lowest BCUT2D eigenvalue weighted by Crippen LogP contribution is -2.45. The summed E-state index contributed by atoms with van der Waals surface area (Å²) in [7, 11) is 0. The van der Waals surface area contributed by atoms with Gasteiger partial charge >= 0.3 is 0 Å². The number of rotatable bonds is 2. The number of piperidine rings is 2. The maximum atomic E-state index is 3.45. The Morgan fingerprint density at radius 3 is 2.53 bits per heavy atom. The Hall–Kier alpha value is -0.0800. The minimum absolute atomic E-state index is 0.830. The molecule has 2 fully saturated rings. The van der Waals surface area contributed by atoms with E-state index in [9.17, 15) is 0 Å². The third kappa shape index (κ3) is 3.18. The molecule has 0 radical (unpaired) electrons. The molecule has 2 saturated heterocycles. The van der Waals surface area contributed by atoms with Crippen LogP contribution in [0.4, 0.5) is 0 Å². The molecule has 2 heteroatoms. The lowest BCUT2D eigenvalue weighted by Gasteiger charge is -2.39. The van der Waals surface area contributed by atoms with Crippen molar-refractivity contribution in [2.24, 2.45) is 11.8 Å². The van der Waals surface area contributed by atoms with Crippen LogP contribution in [-0.4, -0.2) is 37.1 Å². The van der Waals surface area contributed by atoms with Crippen LogP contribution in [0, 0.1) is 11.8 Å². The lowest BCUT2D eigenvalue weighted by atomic mass is 9.91. The average Bonchev–Trinajstić information content (AvgIpc) is 2.25. The summed E-state index contributed by atoms with van der Waals surface area (Å²) in [6, 6.07) is 0.830. The van der Waals surface area contributed by atoms with Crippen LogP contribution in [0.2, 0.25) is 0 Å². The fourth-order valence-electron chi connectivity index (χ4n) is 3.03. The van der Waals surface area contributed by atoms with Crippen molar-refractivity contribution in [3.63, 3.8) is 0 Å². The second kappa shape index (κ2) is 5.31. The summed E-state index contributed by atoms with van der Waals surface area (Å²) in [6.07, 6.45) is 5.62. The second-order valence-electron chi connectivity index (χ2n) is 5.68. The molecule has 2 nitrogen and oxygen atoms in total. The van der Waals surface area contributed by atoms with E-state index in [1.54, 1.807) is 0 Å². The van der Waals surface area contributed by atoms with Gasteiger partial charge in [-0.1, -0.05) is 6.92 Å². The Bertz CT molecular complexity index is 187. The van der Waals surface area contributed by atoms with Crippen molar-refractivity contribution < 1.29 is 0 Å². The van der Waals surface area contributed by atoms with E-state index in [2.05, 4.69) is 24.1 Å². The number of likely N-dealkylation sites (tertiary alicyclic amines) is 1. The highest BCUT2D eigenvalue weighted by atomic mass is 15.2. The molecule has 88 valence electrons. The highest BCUT2D eigenvalue weighted by molar-refractivity contribution is 4.80. The van der Waals surface area contributed by atoms with Gasteiger partial charge in [0.05, 0.1) is 0 Å². The molecule has 1 N–H and O–H groups in total. The number of hydrogen-bond donors (Lipinski definition) is 1. The second-order valence-corrected chi connectivity index (χ2v) is 5.68. The van der Waals surface area contributed by atoms with Gasteiger partial charge in [-0.15, -0.1) is 0 Å². The third-order valence-electron chi connectivity index (χ3n) is 4.20. The predicted octanol–water partition coefficient (Wildman–Crippen LogP) is 2.11. The van der Waals surface area contributed by atoms with Gasteiger partial charge in [-0.05, 0) is 57.5 Å². The zero-order valence-corrected chi connectivity index (χ0v) is 10.3. The first-order chi connectivity index (χ1) is 7.25. The van der Waals surface area contributed by atoms with E-state index in [1.807, 2.05) is 0 Å². The largest absolute Gasteiger partial charge is 0.317 e. The Morgan fingerprint density at radius 1 is 1.07 bits per heavy atom. The molecule has 2 aliphatic rings. The van der Waals surface area contributed by atoms with Crippen molar-refractivity contribution >= 4 is 0 Å². The van der Waals surface area contributed by atoms with Crippen molar-refractivity contribution in [3.05, 3.63) is 0 Å². The summed E-state index contributed by atoms with van der Waals surface area (Å²) in [6.45, 7) is 9.98. The molecule has 15 heavy (non-hydrogen) atoms. The maximum Gasteiger partial charge on any atom is 0.00672 e. The van der Waals surface area contributed by atoms with Crippen molar-refractivity contribution in [2.75, 3.05) is 26.2 Å². The number of nitrogens with zero attached hydrogens (tertiary/aromatic N) is 1. The quantitative estimate of drug-likeness (QED) is 0.751. The average molecular weight is 210 g/mol. The fraction of sp³-hybridized carbons (Fsp3) is 1.00. The SMILES string of the molecule is CC1CCC(C)N(CC2CCNCC2)C1. The Kier molecular flexibility index (Phi) is 4.04. The van der Waals surface area contributed by atoms with Crippen molar-refractivity contribution in [3.8, 4) is 0 Å². The van der Waals surface area contributed by atoms with Crippen LogP contribution in [0.15, 0.2) is 0 Å². The van der Waals surface area contributed by atoms with E-state index in [1.165, 1.54) is 51.9 Å². The molecule has 0 aliphatic carbocycles. The first-order valence-corrected chi connectivity index (χ1v) is 6.70. The van der Waals surface area contributed by atoms with E-state index in [4.69, 9.17) is 0 Å². The van der Waals surface area contributed by atoms with Crippen LogP contribution in [0.3, 0.4) is 0 Å². The molecule has 2 unspecified atom stereocenters. The molecule has 0 aromatic heterocycles. The Labute approximate surface area is 94.4 Å². The van der Waals surface area contributed by atoms with Gasteiger partial charge in [0, 0.05) is 19.1 Å². The standard InChI is InChI=1S/C13H26N2/c1-11-3-4-12(2)15(9-11)10-13-5-7-14-8-6-13/h11-14H,3-10H2,1-2H3. The summed E-state index contributed by atoms with van der Waals surface area (Å²) in [5, 5.41) is 3.45. The highest BCUT2D eigenvalue weighted by Gasteiger charge is 2.25. The molecule has 0 saturated carbocycles. The molecule has 0 aromatic rings. The monoisotopic (exact) mass is 210 g/mol. The molecular weight excluding hydrogens is 184 g/mol. The van der Waals surface area contributed by atoms with Crippen molar-refractivity contribution in [1.82, 2.24) is 10.2 Å². The van der Waals surface area contributed by atoms with Crippen LogP contribution >= 0.6 is 0 Å². The van der Waals surface area contributed by atoms with Crippen LogP contribution < -0.4 is 5.32 Å². The van der Waals surface area contributed by atoms with Crippen molar-refractivity contribution in [2.45, 2.75) is 45.6 Å². The van der Waals surface area contributed by atoms with E-state index >= 15 is 0 Å². The summed E-state index contributed by atoms with van der Waals surface area (Å²) in [5.74, 6) is 1.88. The molecule has 0 spiro atoms. The van der Waals surface area contributed by atoms with Crippen LogP contribution in [0.25, 0.3) is 0 Å². The number of hydrogen-bond acceptors (Lipinski definition) is 2.